The third kappa shape index (κ3) is 2.75. The monoisotopic (exact) mass is 312 g/mol. The van der Waals surface area contributed by atoms with Crippen LogP contribution >= 0.6 is 11.6 Å². The second-order valence-corrected chi connectivity index (χ2v) is 6.48. The Labute approximate surface area is 128 Å². The summed E-state index contributed by atoms with van der Waals surface area (Å²) in [6.45, 7) is 6.94. The number of anilines is 1. The van der Waals surface area contributed by atoms with E-state index in [1.54, 1.807) is 19.9 Å². The smallest absolute Gasteiger partial charge is 0.252 e. The van der Waals surface area contributed by atoms with Gasteiger partial charge in [-0.2, -0.15) is 0 Å². The maximum Gasteiger partial charge on any atom is 0.252 e. The van der Waals surface area contributed by atoms with E-state index in [2.05, 4.69) is 5.32 Å². The normalized spacial score (nSPS) is 21.7. The standard InChI is InChI=1S/C15H18ClFN2O2/c1-8(2)12-13(20)18-15(3,4)14(21)19(12)9-5-6-10(16)11(17)7-9/h5-8,12H,1-4H3,(H,18,20). The van der Waals surface area contributed by atoms with Crippen LogP contribution < -0.4 is 10.2 Å². The van der Waals surface area contributed by atoms with Crippen LogP contribution in [-0.2, 0) is 9.59 Å². The third-order valence-electron chi connectivity index (χ3n) is 3.55. The molecule has 1 fully saturated rings. The highest BCUT2D eigenvalue weighted by Gasteiger charge is 2.47. The van der Waals surface area contributed by atoms with E-state index in [1.807, 2.05) is 13.8 Å². The van der Waals surface area contributed by atoms with Gasteiger partial charge in [-0.1, -0.05) is 25.4 Å². The van der Waals surface area contributed by atoms with Crippen molar-refractivity contribution < 1.29 is 14.0 Å². The zero-order valence-corrected chi connectivity index (χ0v) is 13.2. The highest BCUT2D eigenvalue weighted by Crippen LogP contribution is 2.30. The Morgan fingerprint density at radius 1 is 1.33 bits per heavy atom. The molecule has 0 spiro atoms. The first-order valence-corrected chi connectivity index (χ1v) is 7.13. The Balaban J connectivity index is 2.55. The molecule has 1 heterocycles. The van der Waals surface area contributed by atoms with E-state index in [4.69, 9.17) is 11.6 Å². The van der Waals surface area contributed by atoms with Crippen molar-refractivity contribution in [2.75, 3.05) is 4.90 Å². The van der Waals surface area contributed by atoms with Crippen LogP contribution in [0, 0.1) is 11.7 Å². The molecular weight excluding hydrogens is 295 g/mol. The number of benzene rings is 1. The first-order valence-electron chi connectivity index (χ1n) is 6.76. The van der Waals surface area contributed by atoms with Gasteiger partial charge in [0.25, 0.3) is 5.91 Å². The number of hydrogen-bond acceptors (Lipinski definition) is 2. The lowest BCUT2D eigenvalue weighted by Gasteiger charge is -2.44. The number of nitrogens with one attached hydrogen (secondary N) is 1. The van der Waals surface area contributed by atoms with E-state index in [-0.39, 0.29) is 22.8 Å². The number of amides is 2. The van der Waals surface area contributed by atoms with Gasteiger partial charge in [0.05, 0.1) is 5.02 Å². The van der Waals surface area contributed by atoms with Crippen molar-refractivity contribution in [2.45, 2.75) is 39.3 Å². The molecule has 2 rings (SSSR count). The zero-order chi connectivity index (χ0) is 15.9. The van der Waals surface area contributed by atoms with Gasteiger partial charge in [-0.3, -0.25) is 14.5 Å². The SMILES string of the molecule is CC(C)C1C(=O)NC(C)(C)C(=O)N1c1ccc(Cl)c(F)c1. The van der Waals surface area contributed by atoms with Crippen molar-refractivity contribution in [2.24, 2.45) is 5.92 Å². The molecule has 2 amide bonds. The number of carbonyl (C=O) groups is 2. The second-order valence-electron chi connectivity index (χ2n) is 6.08. The summed E-state index contributed by atoms with van der Waals surface area (Å²) in [4.78, 5) is 26.3. The fourth-order valence-corrected chi connectivity index (χ4v) is 2.61. The molecule has 4 nitrogen and oxygen atoms in total. The molecule has 0 saturated carbocycles. The molecule has 1 aromatic rings. The predicted molar refractivity (Wildman–Crippen MR) is 79.7 cm³/mol. The zero-order valence-electron chi connectivity index (χ0n) is 12.4. The van der Waals surface area contributed by atoms with Gasteiger partial charge >= 0.3 is 0 Å². The summed E-state index contributed by atoms with van der Waals surface area (Å²) in [6.07, 6.45) is 0. The highest BCUT2D eigenvalue weighted by molar-refractivity contribution is 6.30. The second kappa shape index (κ2) is 5.30. The molecule has 1 N–H and O–H groups in total. The summed E-state index contributed by atoms with van der Waals surface area (Å²) in [5, 5.41) is 2.69. The van der Waals surface area contributed by atoms with Gasteiger partial charge < -0.3 is 5.32 Å². The van der Waals surface area contributed by atoms with Gasteiger partial charge in [-0.05, 0) is 38.0 Å². The summed E-state index contributed by atoms with van der Waals surface area (Å²) in [5.74, 6) is -1.25. The number of halogens is 2. The number of rotatable bonds is 2. The average molecular weight is 313 g/mol. The Morgan fingerprint density at radius 2 is 1.95 bits per heavy atom. The Kier molecular flexibility index (Phi) is 3.97. The molecule has 114 valence electrons. The Hall–Kier alpha value is -1.62. The fourth-order valence-electron chi connectivity index (χ4n) is 2.49. The molecule has 1 atom stereocenters. The van der Waals surface area contributed by atoms with Crippen molar-refractivity contribution >= 4 is 29.1 Å². The highest BCUT2D eigenvalue weighted by atomic mass is 35.5. The van der Waals surface area contributed by atoms with Crippen molar-refractivity contribution in [1.29, 1.82) is 0 Å². The van der Waals surface area contributed by atoms with E-state index in [1.165, 1.54) is 17.0 Å². The molecular formula is C15H18ClFN2O2. The van der Waals surface area contributed by atoms with Crippen molar-refractivity contribution in [1.82, 2.24) is 5.32 Å². The summed E-state index contributed by atoms with van der Waals surface area (Å²) in [7, 11) is 0. The van der Waals surface area contributed by atoms with E-state index >= 15 is 0 Å². The lowest BCUT2D eigenvalue weighted by atomic mass is 9.91. The molecule has 0 bridgehead atoms. The van der Waals surface area contributed by atoms with Gasteiger partial charge in [0, 0.05) is 5.69 Å². The number of nitrogens with zero attached hydrogens (tertiary/aromatic N) is 1. The van der Waals surface area contributed by atoms with Crippen molar-refractivity contribution in [3.8, 4) is 0 Å². The molecule has 0 radical (unpaired) electrons. The van der Waals surface area contributed by atoms with Crippen LogP contribution in [0.25, 0.3) is 0 Å². The average Bonchev–Trinajstić information content (AvgIpc) is 2.36. The summed E-state index contributed by atoms with van der Waals surface area (Å²) in [6, 6.07) is 3.44. The van der Waals surface area contributed by atoms with Crippen LogP contribution in [0.1, 0.15) is 27.7 Å². The number of piperazine rings is 1. The maximum atomic E-state index is 13.7. The minimum atomic E-state index is -1.03. The van der Waals surface area contributed by atoms with Gasteiger partial charge in [0.2, 0.25) is 5.91 Å². The molecule has 6 heteroatoms. The summed E-state index contributed by atoms with van der Waals surface area (Å²) < 4.78 is 13.7. The van der Waals surface area contributed by atoms with Crippen LogP contribution in [0.3, 0.4) is 0 Å². The summed E-state index contributed by atoms with van der Waals surface area (Å²) in [5.41, 5.74) is -0.693. The molecule has 1 saturated heterocycles. The Morgan fingerprint density at radius 3 is 2.48 bits per heavy atom. The third-order valence-corrected chi connectivity index (χ3v) is 3.86. The van der Waals surface area contributed by atoms with E-state index in [9.17, 15) is 14.0 Å². The van der Waals surface area contributed by atoms with E-state index < -0.39 is 17.4 Å². The van der Waals surface area contributed by atoms with E-state index in [0.29, 0.717) is 5.69 Å². The topological polar surface area (TPSA) is 49.4 Å². The molecule has 1 unspecified atom stereocenters. The molecule has 0 aliphatic carbocycles. The lowest BCUT2D eigenvalue weighted by Crippen LogP contribution is -2.69. The largest absolute Gasteiger partial charge is 0.340 e. The number of carbonyl (C=O) groups excluding carboxylic acids is 2. The summed E-state index contributed by atoms with van der Waals surface area (Å²) >= 11 is 5.68. The first kappa shape index (κ1) is 15.8. The minimum absolute atomic E-state index is 0.0204. The van der Waals surface area contributed by atoms with Crippen LogP contribution in [0.2, 0.25) is 5.02 Å². The van der Waals surface area contributed by atoms with Gasteiger partial charge in [-0.25, -0.2) is 4.39 Å². The van der Waals surface area contributed by atoms with Gasteiger partial charge in [-0.15, -0.1) is 0 Å². The lowest BCUT2D eigenvalue weighted by molar-refractivity contribution is -0.138. The Bertz CT molecular complexity index is 601. The van der Waals surface area contributed by atoms with Crippen LogP contribution in [0.5, 0.6) is 0 Å². The fraction of sp³-hybridized carbons (Fsp3) is 0.467. The first-order chi connectivity index (χ1) is 9.65. The molecule has 21 heavy (non-hydrogen) atoms. The predicted octanol–water partition coefficient (Wildman–Crippen LogP) is 2.75. The van der Waals surface area contributed by atoms with Crippen LogP contribution in [0.15, 0.2) is 18.2 Å². The van der Waals surface area contributed by atoms with Gasteiger partial charge in [0.1, 0.15) is 17.4 Å². The van der Waals surface area contributed by atoms with Gasteiger partial charge in [0.15, 0.2) is 0 Å². The van der Waals surface area contributed by atoms with E-state index in [0.717, 1.165) is 0 Å². The van der Waals surface area contributed by atoms with Crippen LogP contribution in [-0.4, -0.2) is 23.4 Å². The van der Waals surface area contributed by atoms with Crippen molar-refractivity contribution in [3.05, 3.63) is 29.0 Å². The number of hydrogen-bond donors (Lipinski definition) is 1. The van der Waals surface area contributed by atoms with Crippen LogP contribution in [0.4, 0.5) is 10.1 Å². The molecule has 1 aliphatic heterocycles. The molecule has 1 aliphatic rings. The molecule has 0 aromatic heterocycles. The quantitative estimate of drug-likeness (QED) is 0.913. The van der Waals surface area contributed by atoms with Crippen molar-refractivity contribution in [3.63, 3.8) is 0 Å². The molecule has 1 aromatic carbocycles. The minimum Gasteiger partial charge on any atom is -0.340 e. The maximum absolute atomic E-state index is 13.7.